The Morgan fingerprint density at radius 1 is 0.704 bits per heavy atom. The van der Waals surface area contributed by atoms with E-state index in [-0.39, 0.29) is 5.78 Å². The third kappa shape index (κ3) is 4.90. The molecule has 0 fully saturated rings. The Kier molecular flexibility index (Phi) is 6.56. The molecule has 3 aromatic rings. The zero-order valence-electron chi connectivity index (χ0n) is 13.6. The fourth-order valence-electron chi connectivity index (χ4n) is 2.53. The van der Waals surface area contributed by atoms with E-state index in [0.717, 1.165) is 0 Å². The predicted octanol–water partition coefficient (Wildman–Crippen LogP) is 7.99. The van der Waals surface area contributed by atoms with Gasteiger partial charge in [-0.2, -0.15) is 0 Å². The summed E-state index contributed by atoms with van der Waals surface area (Å²) >= 11 is 30.2. The van der Waals surface area contributed by atoms with Crippen LogP contribution in [0.2, 0.25) is 25.1 Å². The van der Waals surface area contributed by atoms with Crippen molar-refractivity contribution in [1.82, 2.24) is 0 Å². The van der Waals surface area contributed by atoms with E-state index in [4.69, 9.17) is 58.0 Å². The van der Waals surface area contributed by atoms with E-state index in [1.807, 2.05) is 0 Å². The van der Waals surface area contributed by atoms with E-state index in [2.05, 4.69) is 5.32 Å². The molecular weight excluding hydrogens is 447 g/mol. The third-order valence-corrected chi connectivity index (χ3v) is 5.63. The minimum atomic E-state index is -0.710. The van der Waals surface area contributed by atoms with Gasteiger partial charge in [-0.1, -0.05) is 64.1 Å². The summed E-state index contributed by atoms with van der Waals surface area (Å²) in [7, 11) is 0. The first-order valence-corrected chi connectivity index (χ1v) is 9.70. The molecule has 1 N–H and O–H groups in total. The van der Waals surface area contributed by atoms with Crippen LogP contribution in [0.3, 0.4) is 0 Å². The van der Waals surface area contributed by atoms with Crippen molar-refractivity contribution in [2.45, 2.75) is 6.04 Å². The SMILES string of the molecule is O=C(c1ccc(Cl)cc1)C(Nc1ccc(Cl)c(Cl)c1)c1ccc(Cl)c(Cl)c1. The molecule has 0 aliphatic heterocycles. The van der Waals surface area contributed by atoms with Crippen molar-refractivity contribution >= 4 is 69.5 Å². The predicted molar refractivity (Wildman–Crippen MR) is 115 cm³/mol. The van der Waals surface area contributed by atoms with Crippen molar-refractivity contribution in [3.63, 3.8) is 0 Å². The average Bonchev–Trinajstić information content (AvgIpc) is 2.65. The summed E-state index contributed by atoms with van der Waals surface area (Å²) in [6.07, 6.45) is 0. The zero-order chi connectivity index (χ0) is 19.6. The number of carbonyl (C=O) groups is 1. The quantitative estimate of drug-likeness (QED) is 0.392. The van der Waals surface area contributed by atoms with Gasteiger partial charge in [0.15, 0.2) is 5.78 Å². The molecule has 2 nitrogen and oxygen atoms in total. The Hall–Kier alpha value is -1.42. The molecule has 0 aliphatic carbocycles. The standard InChI is InChI=1S/C20H12Cl5NO/c21-13-4-1-11(2-5-13)20(27)19(12-3-7-15(22)17(24)9-12)26-14-6-8-16(23)18(25)10-14/h1-10,19,26H. The molecule has 0 spiro atoms. The summed E-state index contributed by atoms with van der Waals surface area (Å²) in [4.78, 5) is 13.2. The molecule has 3 aromatic carbocycles. The van der Waals surface area contributed by atoms with Gasteiger partial charge in [-0.25, -0.2) is 0 Å². The lowest BCUT2D eigenvalue weighted by Crippen LogP contribution is -2.21. The van der Waals surface area contributed by atoms with Crippen molar-refractivity contribution < 1.29 is 4.79 Å². The highest BCUT2D eigenvalue weighted by Crippen LogP contribution is 2.32. The summed E-state index contributed by atoms with van der Waals surface area (Å²) in [5, 5.41) is 5.33. The summed E-state index contributed by atoms with van der Waals surface area (Å²) in [6, 6.07) is 16.1. The maximum Gasteiger partial charge on any atom is 0.189 e. The van der Waals surface area contributed by atoms with Crippen molar-refractivity contribution in [3.8, 4) is 0 Å². The Labute approximate surface area is 182 Å². The maximum atomic E-state index is 13.2. The average molecular weight is 460 g/mol. The van der Waals surface area contributed by atoms with Crippen LogP contribution >= 0.6 is 58.0 Å². The molecule has 0 radical (unpaired) electrons. The molecule has 0 saturated carbocycles. The van der Waals surface area contributed by atoms with E-state index >= 15 is 0 Å². The monoisotopic (exact) mass is 457 g/mol. The molecule has 1 unspecified atom stereocenters. The minimum Gasteiger partial charge on any atom is -0.371 e. The topological polar surface area (TPSA) is 29.1 Å². The van der Waals surface area contributed by atoms with E-state index < -0.39 is 6.04 Å². The maximum absolute atomic E-state index is 13.2. The highest BCUT2D eigenvalue weighted by Gasteiger charge is 2.23. The fourth-order valence-corrected chi connectivity index (χ4v) is 3.26. The van der Waals surface area contributed by atoms with Gasteiger partial charge in [-0.3, -0.25) is 4.79 Å². The molecule has 0 amide bonds. The summed E-state index contributed by atoms with van der Waals surface area (Å²) in [5.41, 5.74) is 1.81. The Balaban J connectivity index is 2.01. The first-order chi connectivity index (χ1) is 12.8. The smallest absolute Gasteiger partial charge is 0.189 e. The zero-order valence-corrected chi connectivity index (χ0v) is 17.4. The molecule has 27 heavy (non-hydrogen) atoms. The summed E-state index contributed by atoms with van der Waals surface area (Å²) in [5.74, 6) is -0.156. The highest BCUT2D eigenvalue weighted by molar-refractivity contribution is 6.42. The Morgan fingerprint density at radius 3 is 1.89 bits per heavy atom. The first kappa shape index (κ1) is 20.3. The van der Waals surface area contributed by atoms with Gasteiger partial charge >= 0.3 is 0 Å². The minimum absolute atomic E-state index is 0.156. The molecule has 138 valence electrons. The second-order valence-corrected chi connectivity index (χ2v) is 7.82. The Morgan fingerprint density at radius 2 is 1.30 bits per heavy atom. The van der Waals surface area contributed by atoms with Gasteiger partial charge in [0.25, 0.3) is 0 Å². The lowest BCUT2D eigenvalue weighted by atomic mass is 9.97. The molecule has 7 heteroatoms. The Bertz CT molecular complexity index is 988. The molecular formula is C20H12Cl5NO. The van der Waals surface area contributed by atoms with Crippen molar-refractivity contribution in [3.05, 3.63) is 96.9 Å². The molecule has 0 bridgehead atoms. The second kappa shape index (κ2) is 8.72. The highest BCUT2D eigenvalue weighted by atomic mass is 35.5. The first-order valence-electron chi connectivity index (χ1n) is 7.81. The second-order valence-electron chi connectivity index (χ2n) is 5.75. The van der Waals surface area contributed by atoms with Gasteiger partial charge in [-0.05, 0) is 60.2 Å². The number of rotatable bonds is 5. The number of halogens is 5. The number of carbonyl (C=O) groups excluding carboxylic acids is 1. The normalized spacial score (nSPS) is 11.9. The molecule has 0 heterocycles. The number of nitrogens with one attached hydrogen (secondary N) is 1. The van der Waals surface area contributed by atoms with Gasteiger partial charge in [0.05, 0.1) is 20.1 Å². The van der Waals surface area contributed by atoms with Crippen LogP contribution in [0.15, 0.2) is 60.7 Å². The van der Waals surface area contributed by atoms with Gasteiger partial charge in [0.1, 0.15) is 6.04 Å². The number of hydrogen-bond acceptors (Lipinski definition) is 2. The van der Waals surface area contributed by atoms with Crippen LogP contribution in [-0.4, -0.2) is 5.78 Å². The summed E-state index contributed by atoms with van der Waals surface area (Å²) in [6.45, 7) is 0. The van der Waals surface area contributed by atoms with Crippen LogP contribution in [0.5, 0.6) is 0 Å². The van der Waals surface area contributed by atoms with E-state index in [1.165, 1.54) is 0 Å². The number of hydrogen-bond donors (Lipinski definition) is 1. The van der Waals surface area contributed by atoms with Crippen LogP contribution in [0.25, 0.3) is 0 Å². The molecule has 0 aromatic heterocycles. The number of Topliss-reactive ketones (excluding diaryl/α,β-unsaturated/α-hetero) is 1. The van der Waals surface area contributed by atoms with Gasteiger partial charge in [-0.15, -0.1) is 0 Å². The number of anilines is 1. The fraction of sp³-hybridized carbons (Fsp3) is 0.0500. The van der Waals surface area contributed by atoms with Crippen molar-refractivity contribution in [1.29, 1.82) is 0 Å². The summed E-state index contributed by atoms with van der Waals surface area (Å²) < 4.78 is 0. The largest absolute Gasteiger partial charge is 0.371 e. The van der Waals surface area contributed by atoms with Gasteiger partial charge < -0.3 is 5.32 Å². The molecule has 3 rings (SSSR count). The van der Waals surface area contributed by atoms with Crippen LogP contribution in [0, 0.1) is 0 Å². The van der Waals surface area contributed by atoms with Crippen LogP contribution < -0.4 is 5.32 Å². The van der Waals surface area contributed by atoms with Gasteiger partial charge in [0.2, 0.25) is 0 Å². The van der Waals surface area contributed by atoms with Crippen molar-refractivity contribution in [2.75, 3.05) is 5.32 Å². The van der Waals surface area contributed by atoms with Crippen LogP contribution in [-0.2, 0) is 0 Å². The van der Waals surface area contributed by atoms with Crippen molar-refractivity contribution in [2.24, 2.45) is 0 Å². The lowest BCUT2D eigenvalue weighted by Gasteiger charge is -2.20. The molecule has 0 aliphatic rings. The number of benzene rings is 3. The molecule has 0 saturated heterocycles. The lowest BCUT2D eigenvalue weighted by molar-refractivity contribution is 0.0969. The van der Waals surface area contributed by atoms with E-state index in [0.29, 0.717) is 41.9 Å². The van der Waals surface area contributed by atoms with Gasteiger partial charge in [0, 0.05) is 16.3 Å². The molecule has 1 atom stereocenters. The van der Waals surface area contributed by atoms with Crippen LogP contribution in [0.1, 0.15) is 22.0 Å². The third-order valence-electron chi connectivity index (χ3n) is 3.90. The van der Waals surface area contributed by atoms with E-state index in [1.54, 1.807) is 60.7 Å². The number of ketones is 1. The van der Waals surface area contributed by atoms with Crippen LogP contribution in [0.4, 0.5) is 5.69 Å². The van der Waals surface area contributed by atoms with E-state index in [9.17, 15) is 4.79 Å².